The van der Waals surface area contributed by atoms with Crippen LogP contribution in [0.1, 0.15) is 148 Å². The molecule has 0 aliphatic heterocycles. The Morgan fingerprint density at radius 3 is 1.00 bits per heavy atom. The molecule has 3 saturated carbocycles. The largest absolute Gasteiger partial charge is 0.0599 e. The van der Waals surface area contributed by atoms with Crippen molar-refractivity contribution in [3.63, 3.8) is 0 Å². The van der Waals surface area contributed by atoms with Crippen LogP contribution in [0.15, 0.2) is 72.8 Å². The molecule has 216 valence electrons. The van der Waals surface area contributed by atoms with Gasteiger partial charge in [-0.3, -0.25) is 0 Å². The third-order valence-corrected chi connectivity index (χ3v) is 9.95. The lowest BCUT2D eigenvalue weighted by molar-refractivity contribution is 0.224. The van der Waals surface area contributed by atoms with Crippen LogP contribution in [0.2, 0.25) is 0 Å². The molecule has 0 N–H and O–H groups in total. The van der Waals surface area contributed by atoms with Crippen molar-refractivity contribution in [2.75, 3.05) is 0 Å². The molecule has 3 aliphatic carbocycles. The van der Waals surface area contributed by atoms with E-state index in [0.29, 0.717) is 5.41 Å². The zero-order valence-corrected chi connectivity index (χ0v) is 26.4. The molecule has 6 rings (SSSR count). The molecule has 3 aliphatic rings. The molecule has 0 saturated heterocycles. The molecule has 3 aromatic carbocycles. The van der Waals surface area contributed by atoms with Gasteiger partial charge < -0.3 is 0 Å². The fraction of sp³-hybridized carbons (Fsp3) is 0.550. The molecule has 0 bridgehead atoms. The van der Waals surface area contributed by atoms with Crippen LogP contribution >= 0.6 is 0 Å². The lowest BCUT2D eigenvalue weighted by Gasteiger charge is -2.34. The van der Waals surface area contributed by atoms with E-state index < -0.39 is 0 Å². The standard InChI is InChI=1S/C15H22.C13H18.C12H16/c1-12-4-6-13(7-5-12)14-8-10-15(2,3)11-9-14;1-11-7-9-13(10-8-11)12-5-3-2-4-6-12;1-10-6-8-12(9-7-10)11-4-2-3-5-11/h4-7,14H,8-11H2,1-3H3;7-10,12H,2-6H2,1H3;6-9,11H,2-5H2,1H3. The van der Waals surface area contributed by atoms with Gasteiger partial charge in [-0.1, -0.05) is 135 Å². The van der Waals surface area contributed by atoms with Gasteiger partial charge >= 0.3 is 0 Å². The summed E-state index contributed by atoms with van der Waals surface area (Å²) in [6.07, 6.45) is 18.3. The topological polar surface area (TPSA) is 0 Å². The highest BCUT2D eigenvalue weighted by Gasteiger charge is 2.27. The Morgan fingerprint density at radius 2 is 0.675 bits per heavy atom. The first-order valence-electron chi connectivity index (χ1n) is 16.5. The Balaban J connectivity index is 0.000000140. The molecule has 0 atom stereocenters. The summed E-state index contributed by atoms with van der Waals surface area (Å²) in [6, 6.07) is 27.3. The summed E-state index contributed by atoms with van der Waals surface area (Å²) in [7, 11) is 0. The monoisotopic (exact) mass is 536 g/mol. The van der Waals surface area contributed by atoms with Gasteiger partial charge in [0.1, 0.15) is 0 Å². The summed E-state index contributed by atoms with van der Waals surface area (Å²) in [5.74, 6) is 2.54. The Bertz CT molecular complexity index is 1090. The van der Waals surface area contributed by atoms with Crippen LogP contribution in [0, 0.1) is 26.2 Å². The molecule has 0 spiro atoms. The van der Waals surface area contributed by atoms with Crippen molar-refractivity contribution in [1.29, 1.82) is 0 Å². The summed E-state index contributed by atoms with van der Waals surface area (Å²) in [5.41, 5.74) is 9.37. The Labute approximate surface area is 247 Å². The predicted molar refractivity (Wildman–Crippen MR) is 176 cm³/mol. The van der Waals surface area contributed by atoms with Gasteiger partial charge in [0, 0.05) is 0 Å². The van der Waals surface area contributed by atoms with Crippen LogP contribution in [-0.4, -0.2) is 0 Å². The minimum Gasteiger partial charge on any atom is -0.0599 e. The zero-order valence-electron chi connectivity index (χ0n) is 26.4. The third-order valence-electron chi connectivity index (χ3n) is 9.95. The van der Waals surface area contributed by atoms with Crippen LogP contribution in [0.5, 0.6) is 0 Å². The lowest BCUT2D eigenvalue weighted by Crippen LogP contribution is -2.20. The summed E-state index contributed by atoms with van der Waals surface area (Å²) in [4.78, 5) is 0. The maximum Gasteiger partial charge on any atom is -0.0162 e. The van der Waals surface area contributed by atoms with Gasteiger partial charge in [-0.25, -0.2) is 0 Å². The van der Waals surface area contributed by atoms with Crippen LogP contribution in [0.3, 0.4) is 0 Å². The zero-order chi connectivity index (χ0) is 28.4. The Kier molecular flexibility index (Phi) is 11.5. The summed E-state index contributed by atoms with van der Waals surface area (Å²) in [6.45, 7) is 11.3. The van der Waals surface area contributed by atoms with Gasteiger partial charge in [0.2, 0.25) is 0 Å². The smallest absolute Gasteiger partial charge is 0.0162 e. The molecule has 0 radical (unpaired) electrons. The second-order valence-corrected chi connectivity index (χ2v) is 14.0. The Morgan fingerprint density at radius 1 is 0.400 bits per heavy atom. The van der Waals surface area contributed by atoms with Crippen molar-refractivity contribution < 1.29 is 0 Å². The summed E-state index contributed by atoms with van der Waals surface area (Å²) < 4.78 is 0. The van der Waals surface area contributed by atoms with E-state index in [0.717, 1.165) is 17.8 Å². The molecule has 3 fully saturated rings. The molecular weight excluding hydrogens is 480 g/mol. The normalized spacial score (nSPS) is 19.7. The lowest BCUT2D eigenvalue weighted by atomic mass is 9.71. The SMILES string of the molecule is Cc1ccc(C2CCC(C)(C)CC2)cc1.Cc1ccc(C2CCCC2)cc1.Cc1ccc(C2CCCCC2)cc1. The molecule has 3 aromatic rings. The van der Waals surface area contributed by atoms with Crippen molar-refractivity contribution in [2.24, 2.45) is 5.41 Å². The van der Waals surface area contributed by atoms with Crippen LogP contribution in [0.4, 0.5) is 0 Å². The molecule has 0 heterocycles. The van der Waals surface area contributed by atoms with Gasteiger partial charge in [-0.15, -0.1) is 0 Å². The van der Waals surface area contributed by atoms with E-state index >= 15 is 0 Å². The van der Waals surface area contributed by atoms with E-state index in [1.54, 1.807) is 16.7 Å². The van der Waals surface area contributed by atoms with E-state index in [2.05, 4.69) is 107 Å². The number of benzene rings is 3. The highest BCUT2D eigenvalue weighted by Crippen LogP contribution is 2.42. The average Bonchev–Trinajstić information content (AvgIpc) is 3.51. The predicted octanol–water partition coefficient (Wildman–Crippen LogP) is 12.4. The van der Waals surface area contributed by atoms with Crippen molar-refractivity contribution in [2.45, 2.75) is 136 Å². The second-order valence-electron chi connectivity index (χ2n) is 14.0. The molecule has 0 heteroatoms. The minimum absolute atomic E-state index is 0.585. The van der Waals surface area contributed by atoms with E-state index in [-0.39, 0.29) is 0 Å². The highest BCUT2D eigenvalue weighted by molar-refractivity contribution is 5.26. The molecule has 0 amide bonds. The van der Waals surface area contributed by atoms with Crippen LogP contribution in [0.25, 0.3) is 0 Å². The van der Waals surface area contributed by atoms with Crippen molar-refractivity contribution >= 4 is 0 Å². The van der Waals surface area contributed by atoms with E-state index in [9.17, 15) is 0 Å². The number of aryl methyl sites for hydroxylation is 3. The van der Waals surface area contributed by atoms with Crippen LogP contribution < -0.4 is 0 Å². The number of hydrogen-bond donors (Lipinski definition) is 0. The second kappa shape index (κ2) is 15.0. The third kappa shape index (κ3) is 9.64. The van der Waals surface area contributed by atoms with Crippen molar-refractivity contribution in [1.82, 2.24) is 0 Å². The van der Waals surface area contributed by atoms with Gasteiger partial charge in [0.15, 0.2) is 0 Å². The first-order chi connectivity index (χ1) is 19.3. The number of rotatable bonds is 3. The molecule has 0 nitrogen and oxygen atoms in total. The quantitative estimate of drug-likeness (QED) is 0.312. The van der Waals surface area contributed by atoms with E-state index in [1.807, 2.05) is 0 Å². The number of hydrogen-bond acceptors (Lipinski definition) is 0. The summed E-state index contributed by atoms with van der Waals surface area (Å²) in [5, 5.41) is 0. The van der Waals surface area contributed by atoms with Gasteiger partial charge in [-0.05, 0) is 112 Å². The first-order valence-corrected chi connectivity index (χ1v) is 16.5. The molecule has 0 unspecified atom stereocenters. The van der Waals surface area contributed by atoms with Crippen LogP contribution in [-0.2, 0) is 0 Å². The van der Waals surface area contributed by atoms with E-state index in [4.69, 9.17) is 0 Å². The molecular formula is C40H56. The molecule has 0 aromatic heterocycles. The molecule has 40 heavy (non-hydrogen) atoms. The minimum atomic E-state index is 0.585. The maximum atomic E-state index is 2.40. The Hall–Kier alpha value is -2.34. The van der Waals surface area contributed by atoms with Crippen molar-refractivity contribution in [3.05, 3.63) is 106 Å². The van der Waals surface area contributed by atoms with Gasteiger partial charge in [0.25, 0.3) is 0 Å². The fourth-order valence-electron chi connectivity index (χ4n) is 6.94. The van der Waals surface area contributed by atoms with E-state index in [1.165, 1.54) is 100 Å². The average molecular weight is 537 g/mol. The first kappa shape index (κ1) is 30.6. The van der Waals surface area contributed by atoms with Crippen molar-refractivity contribution in [3.8, 4) is 0 Å². The van der Waals surface area contributed by atoms with Gasteiger partial charge in [-0.2, -0.15) is 0 Å². The maximum absolute atomic E-state index is 2.40. The van der Waals surface area contributed by atoms with Gasteiger partial charge in [0.05, 0.1) is 0 Å². The summed E-state index contributed by atoms with van der Waals surface area (Å²) >= 11 is 0. The fourth-order valence-corrected chi connectivity index (χ4v) is 6.94. The highest BCUT2D eigenvalue weighted by atomic mass is 14.3.